The Morgan fingerprint density at radius 2 is 2.07 bits per heavy atom. The summed E-state index contributed by atoms with van der Waals surface area (Å²) in [6.07, 6.45) is 5.65. The Morgan fingerprint density at radius 3 is 2.83 bits per heavy atom. The summed E-state index contributed by atoms with van der Waals surface area (Å²) in [4.78, 5) is 27.6. The molecule has 0 bridgehead atoms. The molecule has 0 aliphatic carbocycles. The van der Waals surface area contributed by atoms with Crippen molar-refractivity contribution in [1.82, 2.24) is 19.9 Å². The molecule has 1 aliphatic rings. The predicted octanol–water partition coefficient (Wildman–Crippen LogP) is 1.68. The summed E-state index contributed by atoms with van der Waals surface area (Å²) in [5.74, 6) is 0.0273. The predicted molar refractivity (Wildman–Crippen MR) is 111 cm³/mol. The Balaban J connectivity index is 1.29. The number of aryl methyl sites for hydroxylation is 1. The van der Waals surface area contributed by atoms with Crippen LogP contribution in [0.4, 0.5) is 5.95 Å². The summed E-state index contributed by atoms with van der Waals surface area (Å²) in [7, 11) is 0. The maximum atomic E-state index is 11.3. The number of amides is 1. The summed E-state index contributed by atoms with van der Waals surface area (Å²) in [5, 5.41) is 10.3. The molecule has 0 saturated carbocycles. The monoisotopic (exact) mass is 389 g/mol. The largest absolute Gasteiger partial charge is 0.364 e. The van der Waals surface area contributed by atoms with Gasteiger partial charge in [-0.2, -0.15) is 5.26 Å². The van der Waals surface area contributed by atoms with Crippen LogP contribution in [0.25, 0.3) is 10.9 Å². The smallest absolute Gasteiger partial charge is 0.267 e. The normalized spacial score (nSPS) is 14.8. The fourth-order valence-corrected chi connectivity index (χ4v) is 3.76. The number of nitrogens with zero attached hydrogens (tertiary/aromatic N) is 5. The number of benzene rings is 1. The van der Waals surface area contributed by atoms with Gasteiger partial charge in [0.2, 0.25) is 5.95 Å². The SMILES string of the molecule is N#Cc1ccc2[nH]cc(CCCN3CCN(c4nccc(C(N)=O)n4)CC3)c2c1. The van der Waals surface area contributed by atoms with Gasteiger partial charge in [-0.1, -0.05) is 0 Å². The fraction of sp³-hybridized carbons (Fsp3) is 0.333. The lowest BCUT2D eigenvalue weighted by Crippen LogP contribution is -2.47. The van der Waals surface area contributed by atoms with Crippen LogP contribution < -0.4 is 10.6 Å². The van der Waals surface area contributed by atoms with Crippen molar-refractivity contribution in [3.05, 3.63) is 53.5 Å². The van der Waals surface area contributed by atoms with Crippen molar-refractivity contribution < 1.29 is 4.79 Å². The van der Waals surface area contributed by atoms with Gasteiger partial charge in [0, 0.05) is 49.5 Å². The molecule has 1 amide bonds. The summed E-state index contributed by atoms with van der Waals surface area (Å²) < 4.78 is 0. The Morgan fingerprint density at radius 1 is 1.24 bits per heavy atom. The van der Waals surface area contributed by atoms with Crippen LogP contribution in [0.3, 0.4) is 0 Å². The molecule has 0 spiro atoms. The Bertz CT molecular complexity index is 1060. The van der Waals surface area contributed by atoms with E-state index in [4.69, 9.17) is 11.0 Å². The van der Waals surface area contributed by atoms with Gasteiger partial charge < -0.3 is 15.6 Å². The summed E-state index contributed by atoms with van der Waals surface area (Å²) >= 11 is 0. The highest BCUT2D eigenvalue weighted by Gasteiger charge is 2.19. The third-order valence-corrected chi connectivity index (χ3v) is 5.37. The van der Waals surface area contributed by atoms with Gasteiger partial charge in [-0.15, -0.1) is 0 Å². The van der Waals surface area contributed by atoms with Gasteiger partial charge in [-0.3, -0.25) is 9.69 Å². The Kier molecular flexibility index (Phi) is 5.40. The highest BCUT2D eigenvalue weighted by Crippen LogP contribution is 2.21. The van der Waals surface area contributed by atoms with Crippen LogP contribution in [-0.4, -0.2) is 58.5 Å². The summed E-state index contributed by atoms with van der Waals surface area (Å²) in [6, 6.07) is 9.50. The molecule has 0 radical (unpaired) electrons. The van der Waals surface area contributed by atoms with E-state index in [0.29, 0.717) is 11.5 Å². The van der Waals surface area contributed by atoms with Crippen LogP contribution in [0.15, 0.2) is 36.7 Å². The van der Waals surface area contributed by atoms with E-state index in [1.165, 1.54) is 11.6 Å². The molecule has 8 heteroatoms. The van der Waals surface area contributed by atoms with Gasteiger partial charge in [0.1, 0.15) is 5.69 Å². The van der Waals surface area contributed by atoms with Gasteiger partial charge in [-0.25, -0.2) is 9.97 Å². The Labute approximate surface area is 169 Å². The first-order valence-electron chi connectivity index (χ1n) is 9.74. The van der Waals surface area contributed by atoms with Crippen molar-refractivity contribution in [3.63, 3.8) is 0 Å². The number of rotatable bonds is 6. The van der Waals surface area contributed by atoms with E-state index in [-0.39, 0.29) is 5.69 Å². The number of anilines is 1. The number of H-pyrrole nitrogens is 1. The lowest BCUT2D eigenvalue weighted by Gasteiger charge is -2.34. The van der Waals surface area contributed by atoms with Gasteiger partial charge in [0.15, 0.2) is 0 Å². The van der Waals surface area contributed by atoms with E-state index >= 15 is 0 Å². The molecule has 3 N–H and O–H groups in total. The van der Waals surface area contributed by atoms with Gasteiger partial charge in [0.25, 0.3) is 5.91 Å². The van der Waals surface area contributed by atoms with Crippen molar-refractivity contribution >= 4 is 22.8 Å². The van der Waals surface area contributed by atoms with E-state index in [9.17, 15) is 4.79 Å². The van der Waals surface area contributed by atoms with Crippen LogP contribution in [0.5, 0.6) is 0 Å². The number of hydrogen-bond donors (Lipinski definition) is 2. The summed E-state index contributed by atoms with van der Waals surface area (Å²) in [5.41, 5.74) is 8.58. The zero-order chi connectivity index (χ0) is 20.2. The summed E-state index contributed by atoms with van der Waals surface area (Å²) in [6.45, 7) is 4.51. The number of nitriles is 1. The molecule has 1 saturated heterocycles. The van der Waals surface area contributed by atoms with E-state index in [1.807, 2.05) is 24.4 Å². The number of aromatic amines is 1. The second-order valence-electron chi connectivity index (χ2n) is 7.22. The van der Waals surface area contributed by atoms with Crippen LogP contribution in [0, 0.1) is 11.3 Å². The van der Waals surface area contributed by atoms with E-state index < -0.39 is 5.91 Å². The number of hydrogen-bond acceptors (Lipinski definition) is 6. The number of nitrogens with one attached hydrogen (secondary N) is 1. The first kappa shape index (κ1) is 18.9. The average Bonchev–Trinajstić information content (AvgIpc) is 3.16. The molecule has 0 unspecified atom stereocenters. The molecule has 4 rings (SSSR count). The molecule has 3 heterocycles. The third kappa shape index (κ3) is 4.20. The number of carbonyl (C=O) groups excluding carboxylic acids is 1. The second-order valence-corrected chi connectivity index (χ2v) is 7.22. The topological polar surface area (TPSA) is 115 Å². The van der Waals surface area contributed by atoms with E-state index in [1.54, 1.807) is 6.20 Å². The molecule has 148 valence electrons. The molecule has 1 fully saturated rings. The minimum atomic E-state index is -0.536. The van der Waals surface area contributed by atoms with Crippen molar-refractivity contribution in [2.75, 3.05) is 37.6 Å². The lowest BCUT2D eigenvalue weighted by molar-refractivity contribution is 0.0995. The zero-order valence-electron chi connectivity index (χ0n) is 16.1. The zero-order valence-corrected chi connectivity index (χ0v) is 16.1. The number of piperazine rings is 1. The highest BCUT2D eigenvalue weighted by atomic mass is 16.1. The molecule has 3 aromatic rings. The van der Waals surface area contributed by atoms with Crippen molar-refractivity contribution in [2.24, 2.45) is 5.73 Å². The van der Waals surface area contributed by atoms with Gasteiger partial charge in [-0.05, 0) is 49.2 Å². The molecule has 0 atom stereocenters. The van der Waals surface area contributed by atoms with Crippen molar-refractivity contribution in [2.45, 2.75) is 12.8 Å². The lowest BCUT2D eigenvalue weighted by atomic mass is 10.1. The number of nitrogens with two attached hydrogens (primary N) is 1. The van der Waals surface area contributed by atoms with Gasteiger partial charge >= 0.3 is 0 Å². The number of primary amides is 1. The average molecular weight is 389 g/mol. The fourth-order valence-electron chi connectivity index (χ4n) is 3.76. The Hall–Kier alpha value is -3.44. The standard InChI is InChI=1S/C21H23N7O/c22-13-15-3-4-18-17(12-15)16(14-25-18)2-1-7-27-8-10-28(11-9-27)21-24-6-5-19(26-21)20(23)29/h3-6,12,14,25H,1-2,7-11H2,(H2,23,29). The number of aromatic nitrogens is 3. The van der Waals surface area contributed by atoms with E-state index in [2.05, 4.69) is 30.8 Å². The quantitative estimate of drug-likeness (QED) is 0.663. The first-order chi connectivity index (χ1) is 14.1. The number of fused-ring (bicyclic) bond motifs is 1. The van der Waals surface area contributed by atoms with Crippen molar-refractivity contribution in [1.29, 1.82) is 5.26 Å². The van der Waals surface area contributed by atoms with E-state index in [0.717, 1.165) is 56.5 Å². The minimum absolute atomic E-state index is 0.246. The maximum Gasteiger partial charge on any atom is 0.267 e. The van der Waals surface area contributed by atoms with Crippen LogP contribution in [0.2, 0.25) is 0 Å². The third-order valence-electron chi connectivity index (χ3n) is 5.37. The molecule has 29 heavy (non-hydrogen) atoms. The number of carbonyl (C=O) groups is 1. The minimum Gasteiger partial charge on any atom is -0.364 e. The second kappa shape index (κ2) is 8.29. The van der Waals surface area contributed by atoms with Crippen LogP contribution in [-0.2, 0) is 6.42 Å². The molecular weight excluding hydrogens is 366 g/mol. The molecule has 2 aromatic heterocycles. The molecule has 8 nitrogen and oxygen atoms in total. The van der Waals surface area contributed by atoms with Crippen molar-refractivity contribution in [3.8, 4) is 6.07 Å². The molecular formula is C21H23N7O. The maximum absolute atomic E-state index is 11.3. The van der Waals surface area contributed by atoms with Crippen LogP contribution >= 0.6 is 0 Å². The molecule has 1 aromatic carbocycles. The highest BCUT2D eigenvalue weighted by molar-refractivity contribution is 5.90. The molecule has 1 aliphatic heterocycles. The first-order valence-corrected chi connectivity index (χ1v) is 9.74. The van der Waals surface area contributed by atoms with Gasteiger partial charge in [0.05, 0.1) is 11.6 Å². The van der Waals surface area contributed by atoms with Crippen LogP contribution in [0.1, 0.15) is 28.0 Å².